The van der Waals surface area contributed by atoms with Crippen LogP contribution in [-0.2, 0) is 4.57 Å². The number of nitrogens with one attached hydrogen (secondary N) is 2. The molecule has 0 aliphatic rings. The fraction of sp³-hybridized carbons (Fsp3) is 0.636. The number of hydrogen-bond donors (Lipinski definition) is 5. The summed E-state index contributed by atoms with van der Waals surface area (Å²) in [5.41, 5.74) is 0. The maximum absolute atomic E-state index is 8.88. The number of unbranched alkanes of at least 4 members (excludes halogenated alkanes) is 2. The van der Waals surface area contributed by atoms with E-state index in [9.17, 15) is 0 Å². The molecule has 0 aliphatic heterocycles. The first-order valence-corrected chi connectivity index (χ1v) is 7.39. The molecule has 0 aromatic heterocycles. The monoisotopic (exact) mass is 280 g/mol. The number of rotatable bonds is 10. The summed E-state index contributed by atoms with van der Waals surface area (Å²) in [5.74, 6) is 0. The zero-order valence-electron chi connectivity index (χ0n) is 10.7. The fourth-order valence-corrected chi connectivity index (χ4v) is 1.09. The van der Waals surface area contributed by atoms with Crippen molar-refractivity contribution >= 4 is 7.82 Å². The van der Waals surface area contributed by atoms with Crippen LogP contribution in [0.2, 0.25) is 0 Å². The van der Waals surface area contributed by atoms with Crippen molar-refractivity contribution in [2.24, 2.45) is 0 Å². The molecule has 5 N–H and O–H groups in total. The summed E-state index contributed by atoms with van der Waals surface area (Å²) < 4.78 is 8.88. The Morgan fingerprint density at radius 2 is 1.22 bits per heavy atom. The summed E-state index contributed by atoms with van der Waals surface area (Å²) in [6.07, 6.45) is 7.58. The molecule has 0 radical (unpaired) electrons. The molecule has 0 aromatic carbocycles. The Hall–Kier alpha value is -0.490. The van der Waals surface area contributed by atoms with Gasteiger partial charge in [-0.1, -0.05) is 18.6 Å². The van der Waals surface area contributed by atoms with E-state index in [0.29, 0.717) is 0 Å². The Morgan fingerprint density at radius 1 is 0.889 bits per heavy atom. The van der Waals surface area contributed by atoms with E-state index in [1.807, 2.05) is 12.2 Å². The van der Waals surface area contributed by atoms with E-state index in [1.165, 1.54) is 19.3 Å². The SMILES string of the molecule is C=CCNCCCCCNCC=C.O=P(O)(O)O. The Morgan fingerprint density at radius 3 is 1.50 bits per heavy atom. The molecule has 0 aromatic rings. The lowest BCUT2D eigenvalue weighted by atomic mass is 10.2. The van der Waals surface area contributed by atoms with E-state index in [1.54, 1.807) is 0 Å². The Labute approximate surface area is 109 Å². The zero-order valence-corrected chi connectivity index (χ0v) is 11.6. The van der Waals surface area contributed by atoms with Gasteiger partial charge in [0.2, 0.25) is 0 Å². The molecule has 0 fully saturated rings. The van der Waals surface area contributed by atoms with Gasteiger partial charge in [0.15, 0.2) is 0 Å². The van der Waals surface area contributed by atoms with Crippen molar-refractivity contribution in [2.75, 3.05) is 26.2 Å². The largest absolute Gasteiger partial charge is 0.466 e. The zero-order chi connectivity index (χ0) is 14.3. The molecule has 18 heavy (non-hydrogen) atoms. The first-order valence-electron chi connectivity index (χ1n) is 5.83. The molecule has 108 valence electrons. The molecule has 0 rings (SSSR count). The van der Waals surface area contributed by atoms with Gasteiger partial charge >= 0.3 is 7.82 Å². The molecule has 7 heteroatoms. The molecule has 0 atom stereocenters. The minimum absolute atomic E-state index is 0.925. The smallest absolute Gasteiger partial charge is 0.313 e. The maximum atomic E-state index is 8.88. The highest BCUT2D eigenvalue weighted by Gasteiger charge is 2.00. The van der Waals surface area contributed by atoms with E-state index in [-0.39, 0.29) is 0 Å². The molecule has 0 bridgehead atoms. The second-order valence-electron chi connectivity index (χ2n) is 3.56. The van der Waals surface area contributed by atoms with E-state index in [2.05, 4.69) is 23.8 Å². The van der Waals surface area contributed by atoms with Gasteiger partial charge < -0.3 is 25.3 Å². The van der Waals surface area contributed by atoms with Crippen LogP contribution in [0.25, 0.3) is 0 Å². The van der Waals surface area contributed by atoms with Crippen molar-refractivity contribution in [3.05, 3.63) is 25.3 Å². The molecule has 0 amide bonds. The van der Waals surface area contributed by atoms with Crippen molar-refractivity contribution in [1.29, 1.82) is 0 Å². The van der Waals surface area contributed by atoms with Crippen molar-refractivity contribution in [1.82, 2.24) is 10.6 Å². The van der Waals surface area contributed by atoms with Crippen molar-refractivity contribution < 1.29 is 19.2 Å². The highest BCUT2D eigenvalue weighted by molar-refractivity contribution is 7.45. The van der Waals surface area contributed by atoms with E-state index < -0.39 is 7.82 Å². The third kappa shape index (κ3) is 36.1. The average molecular weight is 280 g/mol. The van der Waals surface area contributed by atoms with Crippen LogP contribution in [0.5, 0.6) is 0 Å². The molecule has 0 heterocycles. The van der Waals surface area contributed by atoms with E-state index in [0.717, 1.165) is 26.2 Å². The van der Waals surface area contributed by atoms with Gasteiger partial charge in [0.05, 0.1) is 0 Å². The number of hydrogen-bond acceptors (Lipinski definition) is 3. The van der Waals surface area contributed by atoms with Gasteiger partial charge in [-0.25, -0.2) is 4.57 Å². The minimum Gasteiger partial charge on any atom is -0.313 e. The van der Waals surface area contributed by atoms with Crippen LogP contribution in [0.1, 0.15) is 19.3 Å². The van der Waals surface area contributed by atoms with Crippen LogP contribution in [0, 0.1) is 0 Å². The molecule has 0 saturated heterocycles. The fourth-order valence-electron chi connectivity index (χ4n) is 1.09. The van der Waals surface area contributed by atoms with Gasteiger partial charge in [0.25, 0.3) is 0 Å². The molecule has 0 spiro atoms. The molecular weight excluding hydrogens is 255 g/mol. The van der Waals surface area contributed by atoms with E-state index >= 15 is 0 Å². The molecule has 0 saturated carbocycles. The van der Waals surface area contributed by atoms with Crippen LogP contribution in [-0.4, -0.2) is 40.9 Å². The van der Waals surface area contributed by atoms with Crippen molar-refractivity contribution in [3.63, 3.8) is 0 Å². The second-order valence-corrected chi connectivity index (χ2v) is 4.59. The predicted molar refractivity (Wildman–Crippen MR) is 74.2 cm³/mol. The Kier molecular flexibility index (Phi) is 16.1. The first-order chi connectivity index (χ1) is 8.41. The lowest BCUT2D eigenvalue weighted by Gasteiger charge is -2.02. The summed E-state index contributed by atoms with van der Waals surface area (Å²) >= 11 is 0. The first kappa shape index (κ1) is 19.8. The maximum Gasteiger partial charge on any atom is 0.466 e. The van der Waals surface area contributed by atoms with Crippen LogP contribution in [0.4, 0.5) is 0 Å². The summed E-state index contributed by atoms with van der Waals surface area (Å²) in [5, 5.41) is 6.56. The number of phosphoric acid groups is 1. The van der Waals surface area contributed by atoms with Gasteiger partial charge in [-0.15, -0.1) is 13.2 Å². The molecule has 6 nitrogen and oxygen atoms in total. The summed E-state index contributed by atoms with van der Waals surface area (Å²) in [4.78, 5) is 21.6. The molecule has 0 unspecified atom stereocenters. The standard InChI is InChI=1S/C11H22N2.H3O4P/c1-3-8-12-10-6-5-7-11-13-9-4-2;1-5(2,3)4/h3-4,12-13H,1-2,5-11H2;(H3,1,2,3,4). The van der Waals surface area contributed by atoms with Crippen molar-refractivity contribution in [3.8, 4) is 0 Å². The highest BCUT2D eigenvalue weighted by atomic mass is 31.2. The lowest BCUT2D eigenvalue weighted by Crippen LogP contribution is -2.17. The van der Waals surface area contributed by atoms with Gasteiger partial charge in [-0.05, 0) is 25.9 Å². The predicted octanol–water partition coefficient (Wildman–Crippen LogP) is 0.779. The average Bonchev–Trinajstić information content (AvgIpc) is 2.25. The third-order valence-corrected chi connectivity index (χ3v) is 1.78. The van der Waals surface area contributed by atoms with Crippen molar-refractivity contribution in [2.45, 2.75) is 19.3 Å². The van der Waals surface area contributed by atoms with Crippen LogP contribution in [0.15, 0.2) is 25.3 Å². The van der Waals surface area contributed by atoms with E-state index in [4.69, 9.17) is 19.2 Å². The molecule has 0 aliphatic carbocycles. The minimum atomic E-state index is -4.64. The van der Waals surface area contributed by atoms with Gasteiger partial charge in [0.1, 0.15) is 0 Å². The Bertz CT molecular complexity index is 221. The quantitative estimate of drug-likeness (QED) is 0.230. The van der Waals surface area contributed by atoms with Crippen LogP contribution >= 0.6 is 7.82 Å². The lowest BCUT2D eigenvalue weighted by molar-refractivity contribution is 0.275. The van der Waals surface area contributed by atoms with Gasteiger partial charge in [0, 0.05) is 13.1 Å². The Balaban J connectivity index is 0. The van der Waals surface area contributed by atoms with Crippen LogP contribution < -0.4 is 10.6 Å². The molecular formula is C11H25N2O4P. The topological polar surface area (TPSA) is 102 Å². The van der Waals surface area contributed by atoms with Crippen LogP contribution in [0.3, 0.4) is 0 Å². The second kappa shape index (κ2) is 14.6. The third-order valence-electron chi connectivity index (χ3n) is 1.78. The normalized spacial score (nSPS) is 10.4. The summed E-state index contributed by atoms with van der Waals surface area (Å²) in [6, 6.07) is 0. The summed E-state index contributed by atoms with van der Waals surface area (Å²) in [6.45, 7) is 11.4. The van der Waals surface area contributed by atoms with Gasteiger partial charge in [-0.3, -0.25) is 0 Å². The van der Waals surface area contributed by atoms with Gasteiger partial charge in [-0.2, -0.15) is 0 Å². The summed E-state index contributed by atoms with van der Waals surface area (Å²) in [7, 11) is -4.64. The highest BCUT2D eigenvalue weighted by Crippen LogP contribution is 2.25.